The molecule has 0 spiro atoms. The SMILES string of the molecule is COc1cccc(F)c1C1=NOC(C(F)(F)F)C1. The second kappa shape index (κ2) is 4.47. The van der Waals surface area contributed by atoms with Gasteiger partial charge in [0.2, 0.25) is 6.10 Å². The molecule has 1 heterocycles. The van der Waals surface area contributed by atoms with Crippen molar-refractivity contribution in [3.05, 3.63) is 29.6 Å². The number of methoxy groups -OCH3 is 1. The van der Waals surface area contributed by atoms with E-state index in [9.17, 15) is 17.6 Å². The summed E-state index contributed by atoms with van der Waals surface area (Å²) in [5.74, 6) is -0.570. The van der Waals surface area contributed by atoms with Crippen molar-refractivity contribution >= 4 is 5.71 Å². The second-order valence-corrected chi connectivity index (χ2v) is 3.69. The molecule has 0 radical (unpaired) electrons. The summed E-state index contributed by atoms with van der Waals surface area (Å²) in [5, 5.41) is 3.30. The van der Waals surface area contributed by atoms with Gasteiger partial charge < -0.3 is 9.57 Å². The first-order chi connectivity index (χ1) is 8.43. The molecular weight excluding hydrogens is 254 g/mol. The first-order valence-electron chi connectivity index (χ1n) is 5.05. The van der Waals surface area contributed by atoms with E-state index in [-0.39, 0.29) is 17.0 Å². The fourth-order valence-electron chi connectivity index (χ4n) is 1.66. The van der Waals surface area contributed by atoms with Crippen molar-refractivity contribution in [2.24, 2.45) is 5.16 Å². The van der Waals surface area contributed by atoms with Crippen molar-refractivity contribution in [2.45, 2.75) is 18.7 Å². The third-order valence-corrected chi connectivity index (χ3v) is 2.52. The highest BCUT2D eigenvalue weighted by Crippen LogP contribution is 2.33. The number of ether oxygens (including phenoxy) is 1. The zero-order valence-electron chi connectivity index (χ0n) is 9.29. The summed E-state index contributed by atoms with van der Waals surface area (Å²) in [4.78, 5) is 4.28. The van der Waals surface area contributed by atoms with Crippen LogP contribution in [0.2, 0.25) is 0 Å². The van der Waals surface area contributed by atoms with E-state index < -0.39 is 24.5 Å². The summed E-state index contributed by atoms with van der Waals surface area (Å²) in [6, 6.07) is 3.97. The minimum absolute atomic E-state index is 0.0910. The molecule has 0 aliphatic carbocycles. The maximum Gasteiger partial charge on any atom is 0.428 e. The average molecular weight is 263 g/mol. The summed E-state index contributed by atoms with van der Waals surface area (Å²) in [6.07, 6.45) is -7.08. The van der Waals surface area contributed by atoms with E-state index in [0.717, 1.165) is 6.07 Å². The highest BCUT2D eigenvalue weighted by Gasteiger charge is 2.46. The Morgan fingerprint density at radius 2 is 2.11 bits per heavy atom. The zero-order valence-corrected chi connectivity index (χ0v) is 9.29. The summed E-state index contributed by atoms with van der Waals surface area (Å²) in [7, 11) is 1.30. The smallest absolute Gasteiger partial charge is 0.428 e. The average Bonchev–Trinajstić information content (AvgIpc) is 2.77. The van der Waals surface area contributed by atoms with Gasteiger partial charge in [0.15, 0.2) is 0 Å². The number of benzene rings is 1. The molecule has 1 aliphatic heterocycles. The predicted octanol–water partition coefficient (Wildman–Crippen LogP) is 2.89. The van der Waals surface area contributed by atoms with Crippen molar-refractivity contribution in [2.75, 3.05) is 7.11 Å². The van der Waals surface area contributed by atoms with E-state index in [4.69, 9.17) is 4.74 Å². The van der Waals surface area contributed by atoms with E-state index in [1.54, 1.807) is 0 Å². The Balaban J connectivity index is 2.30. The minimum atomic E-state index is -4.52. The molecule has 2 rings (SSSR count). The van der Waals surface area contributed by atoms with Crippen LogP contribution in [0.15, 0.2) is 23.4 Å². The van der Waals surface area contributed by atoms with Gasteiger partial charge in [-0.15, -0.1) is 0 Å². The Hall–Kier alpha value is -1.79. The molecule has 0 amide bonds. The van der Waals surface area contributed by atoms with Crippen LogP contribution in [0.4, 0.5) is 17.6 Å². The minimum Gasteiger partial charge on any atom is -0.496 e. The van der Waals surface area contributed by atoms with Gasteiger partial charge in [-0.3, -0.25) is 0 Å². The molecule has 0 aromatic heterocycles. The molecule has 7 heteroatoms. The Labute approximate surface area is 100.0 Å². The number of halogens is 4. The molecule has 98 valence electrons. The number of oxime groups is 1. The van der Waals surface area contributed by atoms with Gasteiger partial charge in [0.05, 0.1) is 18.4 Å². The van der Waals surface area contributed by atoms with Crippen molar-refractivity contribution in [3.63, 3.8) is 0 Å². The highest BCUT2D eigenvalue weighted by atomic mass is 19.4. The first kappa shape index (κ1) is 12.7. The molecule has 1 aromatic carbocycles. The maximum absolute atomic E-state index is 13.6. The molecule has 1 atom stereocenters. The lowest BCUT2D eigenvalue weighted by atomic mass is 10.0. The molecule has 1 unspecified atom stereocenters. The van der Waals surface area contributed by atoms with Crippen LogP contribution >= 0.6 is 0 Å². The van der Waals surface area contributed by atoms with Crippen molar-refractivity contribution in [1.29, 1.82) is 0 Å². The predicted molar refractivity (Wildman–Crippen MR) is 55.0 cm³/mol. The van der Waals surface area contributed by atoms with E-state index in [2.05, 4.69) is 9.99 Å². The van der Waals surface area contributed by atoms with Crippen LogP contribution in [-0.4, -0.2) is 25.1 Å². The molecule has 0 fully saturated rings. The molecule has 0 saturated heterocycles. The normalized spacial score (nSPS) is 19.4. The van der Waals surface area contributed by atoms with Crippen LogP contribution < -0.4 is 4.74 Å². The number of nitrogens with zero attached hydrogens (tertiary/aromatic N) is 1. The number of hydrogen-bond acceptors (Lipinski definition) is 3. The molecular formula is C11H9F4NO2. The van der Waals surface area contributed by atoms with Crippen molar-refractivity contribution in [1.82, 2.24) is 0 Å². The molecule has 0 bridgehead atoms. The largest absolute Gasteiger partial charge is 0.496 e. The molecule has 0 saturated carbocycles. The Bertz CT molecular complexity index is 484. The van der Waals surface area contributed by atoms with Gasteiger partial charge in [-0.05, 0) is 12.1 Å². The first-order valence-corrected chi connectivity index (χ1v) is 5.05. The van der Waals surface area contributed by atoms with E-state index in [1.807, 2.05) is 0 Å². The van der Waals surface area contributed by atoms with Crippen LogP contribution in [-0.2, 0) is 4.84 Å². The lowest BCUT2D eigenvalue weighted by Crippen LogP contribution is -2.28. The van der Waals surface area contributed by atoms with Gasteiger partial charge in [0.1, 0.15) is 11.6 Å². The zero-order chi connectivity index (χ0) is 13.3. The van der Waals surface area contributed by atoms with Crippen molar-refractivity contribution in [3.8, 4) is 5.75 Å². The Kier molecular flexibility index (Phi) is 3.14. The standard InChI is InChI=1S/C11H9F4NO2/c1-17-8-4-2-3-6(12)10(8)7-5-9(18-16-7)11(13,14)15/h2-4,9H,5H2,1H3. The fourth-order valence-corrected chi connectivity index (χ4v) is 1.66. The van der Waals surface area contributed by atoms with E-state index in [1.165, 1.54) is 19.2 Å². The maximum atomic E-state index is 13.6. The van der Waals surface area contributed by atoms with Gasteiger partial charge in [-0.1, -0.05) is 11.2 Å². The van der Waals surface area contributed by atoms with Crippen molar-refractivity contribution < 1.29 is 27.1 Å². The molecule has 1 aliphatic rings. The molecule has 3 nitrogen and oxygen atoms in total. The number of hydrogen-bond donors (Lipinski definition) is 0. The second-order valence-electron chi connectivity index (χ2n) is 3.69. The monoisotopic (exact) mass is 263 g/mol. The number of alkyl halides is 3. The van der Waals surface area contributed by atoms with Gasteiger partial charge in [-0.2, -0.15) is 13.2 Å². The van der Waals surface area contributed by atoms with Crippen LogP contribution in [0, 0.1) is 5.82 Å². The number of rotatable bonds is 2. The lowest BCUT2D eigenvalue weighted by Gasteiger charge is -2.12. The highest BCUT2D eigenvalue weighted by molar-refractivity contribution is 6.03. The molecule has 1 aromatic rings. The third-order valence-electron chi connectivity index (χ3n) is 2.52. The summed E-state index contributed by atoms with van der Waals surface area (Å²) >= 11 is 0. The molecule has 0 N–H and O–H groups in total. The summed E-state index contributed by atoms with van der Waals surface area (Å²) in [6.45, 7) is 0. The van der Waals surface area contributed by atoms with E-state index >= 15 is 0 Å². The Morgan fingerprint density at radius 3 is 2.67 bits per heavy atom. The van der Waals surface area contributed by atoms with Crippen LogP contribution in [0.1, 0.15) is 12.0 Å². The third kappa shape index (κ3) is 2.25. The van der Waals surface area contributed by atoms with Gasteiger partial charge in [-0.25, -0.2) is 4.39 Å². The quantitative estimate of drug-likeness (QED) is 0.768. The van der Waals surface area contributed by atoms with E-state index in [0.29, 0.717) is 0 Å². The van der Waals surface area contributed by atoms with Crippen LogP contribution in [0.3, 0.4) is 0 Å². The molecule has 18 heavy (non-hydrogen) atoms. The van der Waals surface area contributed by atoms with Crippen LogP contribution in [0.5, 0.6) is 5.75 Å². The summed E-state index contributed by atoms with van der Waals surface area (Å²) in [5.41, 5.74) is -0.195. The van der Waals surface area contributed by atoms with Gasteiger partial charge in [0.25, 0.3) is 0 Å². The lowest BCUT2D eigenvalue weighted by molar-refractivity contribution is -0.212. The van der Waals surface area contributed by atoms with Gasteiger partial charge >= 0.3 is 6.18 Å². The fraction of sp³-hybridized carbons (Fsp3) is 0.364. The Morgan fingerprint density at radius 1 is 1.39 bits per heavy atom. The summed E-state index contributed by atoms with van der Waals surface area (Å²) < 4.78 is 55.7. The topological polar surface area (TPSA) is 30.8 Å². The van der Waals surface area contributed by atoms with Gasteiger partial charge in [0, 0.05) is 6.42 Å². The van der Waals surface area contributed by atoms with Crippen LogP contribution in [0.25, 0.3) is 0 Å².